The topological polar surface area (TPSA) is 104 Å². The molecule has 0 atom stereocenters. The van der Waals surface area contributed by atoms with Gasteiger partial charge in [0.2, 0.25) is 4.96 Å². The highest BCUT2D eigenvalue weighted by atomic mass is 32.1. The first-order valence-electron chi connectivity index (χ1n) is 10.7. The molecule has 172 valence electrons. The average Bonchev–Trinajstić information content (AvgIpc) is 3.36. The summed E-state index contributed by atoms with van der Waals surface area (Å²) in [7, 11) is 3.20. The van der Waals surface area contributed by atoms with E-state index >= 15 is 0 Å². The first-order valence-corrected chi connectivity index (χ1v) is 11.5. The van der Waals surface area contributed by atoms with E-state index < -0.39 is 0 Å². The van der Waals surface area contributed by atoms with Gasteiger partial charge in [-0.2, -0.15) is 14.6 Å². The van der Waals surface area contributed by atoms with Crippen molar-refractivity contribution in [2.45, 2.75) is 20.3 Å². The van der Waals surface area contributed by atoms with Gasteiger partial charge in [-0.25, -0.2) is 0 Å². The third-order valence-electron chi connectivity index (χ3n) is 5.75. The fraction of sp³-hybridized carbons (Fsp3) is 0.200. The minimum atomic E-state index is -0.389. The summed E-state index contributed by atoms with van der Waals surface area (Å²) in [6.07, 6.45) is 2.31. The first kappa shape index (κ1) is 21.8. The highest BCUT2D eigenvalue weighted by molar-refractivity contribution is 7.16. The maximum absolute atomic E-state index is 12.9. The monoisotopic (exact) mass is 473 g/mol. The van der Waals surface area contributed by atoms with Crippen molar-refractivity contribution in [3.8, 4) is 11.5 Å². The number of hydrogen-bond acceptors (Lipinski definition) is 8. The molecule has 5 rings (SSSR count). The van der Waals surface area contributed by atoms with Crippen molar-refractivity contribution in [3.05, 3.63) is 74.0 Å². The highest BCUT2D eigenvalue weighted by Gasteiger charge is 2.21. The quantitative estimate of drug-likeness (QED) is 0.464. The van der Waals surface area contributed by atoms with Gasteiger partial charge in [0.1, 0.15) is 10.8 Å². The van der Waals surface area contributed by atoms with Gasteiger partial charge in [0, 0.05) is 23.3 Å². The maximum atomic E-state index is 12.9. The fourth-order valence-corrected chi connectivity index (χ4v) is 4.95. The molecule has 2 N–H and O–H groups in total. The largest absolute Gasteiger partial charge is 0.493 e. The van der Waals surface area contributed by atoms with Crippen LogP contribution in [0.15, 0.2) is 46.2 Å². The minimum Gasteiger partial charge on any atom is -0.493 e. The second-order valence-corrected chi connectivity index (χ2v) is 9.09. The van der Waals surface area contributed by atoms with Crippen molar-refractivity contribution in [1.82, 2.24) is 14.6 Å². The Bertz CT molecular complexity index is 1570. The lowest BCUT2D eigenvalue weighted by Crippen LogP contribution is -2.17. The lowest BCUT2D eigenvalue weighted by Gasteiger charge is -2.08. The number of methoxy groups -OCH3 is 2. The highest BCUT2D eigenvalue weighted by Crippen LogP contribution is 2.37. The van der Waals surface area contributed by atoms with Crippen LogP contribution < -0.4 is 20.8 Å². The Labute approximate surface area is 200 Å². The van der Waals surface area contributed by atoms with Gasteiger partial charge < -0.3 is 15.2 Å². The summed E-state index contributed by atoms with van der Waals surface area (Å²) in [5.74, 6) is 1.56. The lowest BCUT2D eigenvalue weighted by molar-refractivity contribution is 0.354. The smallest absolute Gasteiger partial charge is 0.283 e. The molecule has 0 saturated heterocycles. The SMILES string of the molecule is COc1ccc(Cc2nn3c(N)c(/C=C4\C(C)=Nc5ccc(C)cc54)c(=O)nc3s2)cc1OC. The van der Waals surface area contributed by atoms with E-state index in [-0.39, 0.29) is 11.4 Å². The van der Waals surface area contributed by atoms with E-state index in [2.05, 4.69) is 21.1 Å². The normalized spacial score (nSPS) is 13.9. The fourth-order valence-electron chi connectivity index (χ4n) is 4.02. The Morgan fingerprint density at radius 3 is 2.65 bits per heavy atom. The summed E-state index contributed by atoms with van der Waals surface area (Å²) in [5.41, 5.74) is 12.0. The van der Waals surface area contributed by atoms with Crippen LogP contribution in [0.4, 0.5) is 11.5 Å². The molecule has 2 aromatic carbocycles. The van der Waals surface area contributed by atoms with Crippen LogP contribution in [0.25, 0.3) is 16.6 Å². The number of nitrogen functional groups attached to an aromatic ring is 1. The van der Waals surface area contributed by atoms with Gasteiger partial charge >= 0.3 is 0 Å². The molecule has 0 radical (unpaired) electrons. The summed E-state index contributed by atoms with van der Waals surface area (Å²) < 4.78 is 12.2. The number of hydrogen-bond donors (Lipinski definition) is 1. The molecular weight excluding hydrogens is 450 g/mol. The zero-order valence-electron chi connectivity index (χ0n) is 19.2. The number of benzene rings is 2. The molecule has 2 aromatic heterocycles. The van der Waals surface area contributed by atoms with Gasteiger partial charge in [-0.05, 0) is 49.8 Å². The molecule has 1 aliphatic rings. The van der Waals surface area contributed by atoms with Crippen LogP contribution in [-0.2, 0) is 6.42 Å². The molecule has 9 heteroatoms. The predicted molar refractivity (Wildman–Crippen MR) is 136 cm³/mol. The van der Waals surface area contributed by atoms with Gasteiger partial charge in [-0.1, -0.05) is 29.0 Å². The van der Waals surface area contributed by atoms with Crippen LogP contribution in [0.5, 0.6) is 11.5 Å². The molecule has 3 heterocycles. The van der Waals surface area contributed by atoms with E-state index in [1.807, 2.05) is 44.2 Å². The molecular formula is C25H23N5O3S. The van der Waals surface area contributed by atoms with Crippen LogP contribution in [0.2, 0.25) is 0 Å². The van der Waals surface area contributed by atoms with Gasteiger partial charge in [0.15, 0.2) is 11.5 Å². The van der Waals surface area contributed by atoms with Crippen LogP contribution in [0, 0.1) is 6.92 Å². The Morgan fingerprint density at radius 2 is 1.88 bits per heavy atom. The number of nitrogens with zero attached hydrogens (tertiary/aromatic N) is 4. The lowest BCUT2D eigenvalue weighted by atomic mass is 9.99. The van der Waals surface area contributed by atoms with Crippen LogP contribution in [0.3, 0.4) is 0 Å². The summed E-state index contributed by atoms with van der Waals surface area (Å²) in [6, 6.07) is 11.8. The van der Waals surface area contributed by atoms with E-state index in [1.54, 1.807) is 20.3 Å². The van der Waals surface area contributed by atoms with Crippen molar-refractivity contribution in [3.63, 3.8) is 0 Å². The number of nitrogens with two attached hydrogens (primary N) is 1. The molecule has 1 aliphatic heterocycles. The van der Waals surface area contributed by atoms with Crippen molar-refractivity contribution in [1.29, 1.82) is 0 Å². The zero-order chi connectivity index (χ0) is 24.0. The number of aliphatic imine (C=N–C) groups is 1. The van der Waals surface area contributed by atoms with Crippen LogP contribution >= 0.6 is 11.3 Å². The van der Waals surface area contributed by atoms with Crippen molar-refractivity contribution in [2.24, 2.45) is 4.99 Å². The van der Waals surface area contributed by atoms with E-state index in [0.717, 1.165) is 38.7 Å². The number of fused-ring (bicyclic) bond motifs is 2. The molecule has 0 aliphatic carbocycles. The Balaban J connectivity index is 1.55. The van der Waals surface area contributed by atoms with Gasteiger partial charge in [0.05, 0.1) is 25.5 Å². The summed E-state index contributed by atoms with van der Waals surface area (Å²) in [4.78, 5) is 22.2. The van der Waals surface area contributed by atoms with Crippen molar-refractivity contribution >= 4 is 45.2 Å². The number of ether oxygens (including phenoxy) is 2. The van der Waals surface area contributed by atoms with Gasteiger partial charge in [-0.15, -0.1) is 0 Å². The molecule has 4 aromatic rings. The van der Waals surface area contributed by atoms with Crippen LogP contribution in [0.1, 0.15) is 34.2 Å². The van der Waals surface area contributed by atoms with E-state index in [4.69, 9.17) is 15.2 Å². The molecule has 0 saturated carbocycles. The van der Waals surface area contributed by atoms with E-state index in [1.165, 1.54) is 15.9 Å². The predicted octanol–water partition coefficient (Wildman–Crippen LogP) is 4.30. The summed E-state index contributed by atoms with van der Waals surface area (Å²) in [5, 5.41) is 5.41. The molecule has 0 fully saturated rings. The molecule has 0 bridgehead atoms. The number of rotatable bonds is 5. The Morgan fingerprint density at radius 1 is 1.09 bits per heavy atom. The summed E-state index contributed by atoms with van der Waals surface area (Å²) in [6.45, 7) is 3.95. The van der Waals surface area contributed by atoms with Crippen molar-refractivity contribution < 1.29 is 9.47 Å². The standard InChI is InChI=1S/C25H23N5O3S/c1-13-5-7-19-17(9-13)16(14(2)27-19)12-18-23(26)30-25(28-24(18)31)34-22(29-30)11-15-6-8-20(32-3)21(10-15)33-4/h5-10,12H,11,26H2,1-4H3/b16-12+. The average molecular weight is 474 g/mol. The second kappa shape index (κ2) is 8.42. The Hall–Kier alpha value is -3.98. The van der Waals surface area contributed by atoms with E-state index in [0.29, 0.717) is 28.4 Å². The van der Waals surface area contributed by atoms with Gasteiger partial charge in [0.25, 0.3) is 5.56 Å². The molecule has 8 nitrogen and oxygen atoms in total. The third kappa shape index (κ3) is 3.73. The minimum absolute atomic E-state index is 0.256. The van der Waals surface area contributed by atoms with Crippen molar-refractivity contribution in [2.75, 3.05) is 20.0 Å². The number of aromatic nitrogens is 3. The summed E-state index contributed by atoms with van der Waals surface area (Å²) >= 11 is 1.33. The maximum Gasteiger partial charge on any atom is 0.283 e. The van der Waals surface area contributed by atoms with E-state index in [9.17, 15) is 4.79 Å². The number of allylic oxidation sites excluding steroid dienone is 1. The number of anilines is 1. The first-order chi connectivity index (χ1) is 16.4. The molecule has 0 amide bonds. The molecule has 0 unspecified atom stereocenters. The van der Waals surface area contributed by atoms with Crippen LogP contribution in [-0.4, -0.2) is 34.5 Å². The molecule has 0 spiro atoms. The Kier molecular flexibility index (Phi) is 5.41. The van der Waals surface area contributed by atoms with Gasteiger partial charge in [-0.3, -0.25) is 9.79 Å². The number of aryl methyl sites for hydroxylation is 1. The third-order valence-corrected chi connectivity index (χ3v) is 6.65. The molecule has 34 heavy (non-hydrogen) atoms. The zero-order valence-corrected chi connectivity index (χ0v) is 20.1. The second-order valence-electron chi connectivity index (χ2n) is 8.05.